The van der Waals surface area contributed by atoms with Gasteiger partial charge < -0.3 is 0 Å². The lowest BCUT2D eigenvalue weighted by Gasteiger charge is -1.96. The summed E-state index contributed by atoms with van der Waals surface area (Å²) in [5.41, 5.74) is 0. The first-order valence-corrected chi connectivity index (χ1v) is 9.24. The molecule has 0 saturated heterocycles. The van der Waals surface area contributed by atoms with E-state index in [-0.39, 0.29) is 10.1 Å². The Bertz CT molecular complexity index is 429. The summed E-state index contributed by atoms with van der Waals surface area (Å²) in [5, 5.41) is 7.69. The van der Waals surface area contributed by atoms with E-state index < -0.39 is 9.84 Å². The monoisotopic (exact) mass is 294 g/mol. The van der Waals surface area contributed by atoms with Gasteiger partial charge in [-0.25, -0.2) is 8.42 Å². The van der Waals surface area contributed by atoms with Crippen molar-refractivity contribution in [2.75, 3.05) is 11.5 Å². The number of aromatic nitrogens is 2. The summed E-state index contributed by atoms with van der Waals surface area (Å²) in [5.74, 6) is 1.15. The molecule has 0 N–H and O–H groups in total. The first kappa shape index (κ1) is 14.9. The normalized spacial score (nSPS) is 11.9. The van der Waals surface area contributed by atoms with Crippen molar-refractivity contribution in [2.24, 2.45) is 0 Å². The molecular weight excluding hydrogens is 276 g/mol. The van der Waals surface area contributed by atoms with Crippen molar-refractivity contribution in [3.8, 4) is 0 Å². The Kier molecular flexibility index (Phi) is 6.43. The van der Waals surface area contributed by atoms with E-state index in [4.69, 9.17) is 0 Å². The molecule has 0 atom stereocenters. The smallest absolute Gasteiger partial charge is 0.221 e. The molecule has 0 aliphatic heterocycles. The fourth-order valence-electron chi connectivity index (χ4n) is 1.11. The number of sulfone groups is 1. The molecule has 1 heterocycles. The van der Waals surface area contributed by atoms with Gasteiger partial charge in [0.05, 0.1) is 5.75 Å². The van der Waals surface area contributed by atoms with Gasteiger partial charge in [0.2, 0.25) is 14.2 Å². The fourth-order valence-corrected chi connectivity index (χ4v) is 5.01. The largest absolute Gasteiger partial charge is 0.233 e. The van der Waals surface area contributed by atoms with Gasteiger partial charge in [0.1, 0.15) is 0 Å². The van der Waals surface area contributed by atoms with Crippen LogP contribution in [0.1, 0.15) is 39.5 Å². The van der Waals surface area contributed by atoms with Crippen molar-refractivity contribution in [3.05, 3.63) is 0 Å². The van der Waals surface area contributed by atoms with Crippen molar-refractivity contribution >= 4 is 32.9 Å². The van der Waals surface area contributed by atoms with E-state index in [0.717, 1.165) is 29.4 Å². The molecule has 0 amide bonds. The van der Waals surface area contributed by atoms with E-state index in [1.165, 1.54) is 11.3 Å². The molecule has 1 aromatic heterocycles. The van der Waals surface area contributed by atoms with E-state index in [9.17, 15) is 8.42 Å². The van der Waals surface area contributed by atoms with Gasteiger partial charge in [-0.1, -0.05) is 49.8 Å². The van der Waals surface area contributed by atoms with Crippen LogP contribution in [0.25, 0.3) is 0 Å². The zero-order chi connectivity index (χ0) is 12.7. The molecule has 0 aliphatic carbocycles. The standard InChI is InChI=1S/C10H18N2O2S3/c1-3-5-7-15-9-11-12-10(16-9)17(13,14)8-6-4-2/h3-8H2,1-2H3. The lowest BCUT2D eigenvalue weighted by Crippen LogP contribution is -2.05. The fraction of sp³-hybridized carbons (Fsp3) is 0.800. The van der Waals surface area contributed by atoms with Crippen LogP contribution in [0.5, 0.6) is 0 Å². The van der Waals surface area contributed by atoms with E-state index in [0.29, 0.717) is 6.42 Å². The highest BCUT2D eigenvalue weighted by atomic mass is 32.2. The maximum atomic E-state index is 11.8. The van der Waals surface area contributed by atoms with Gasteiger partial charge in [-0.05, 0) is 12.8 Å². The molecule has 0 aromatic carbocycles. The van der Waals surface area contributed by atoms with Crippen molar-refractivity contribution in [1.82, 2.24) is 10.2 Å². The van der Waals surface area contributed by atoms with Crippen molar-refractivity contribution < 1.29 is 8.42 Å². The Morgan fingerprint density at radius 3 is 2.53 bits per heavy atom. The first-order chi connectivity index (χ1) is 8.10. The second kappa shape index (κ2) is 7.33. The molecule has 98 valence electrons. The lowest BCUT2D eigenvalue weighted by atomic mass is 10.4. The molecule has 17 heavy (non-hydrogen) atoms. The van der Waals surface area contributed by atoms with Gasteiger partial charge in [-0.3, -0.25) is 0 Å². The van der Waals surface area contributed by atoms with Gasteiger partial charge in [0.25, 0.3) is 0 Å². The number of nitrogens with zero attached hydrogens (tertiary/aromatic N) is 2. The zero-order valence-corrected chi connectivity index (χ0v) is 12.6. The second-order valence-electron chi connectivity index (χ2n) is 3.71. The quantitative estimate of drug-likeness (QED) is 0.545. The average Bonchev–Trinajstić information content (AvgIpc) is 2.76. The summed E-state index contributed by atoms with van der Waals surface area (Å²) in [7, 11) is -3.20. The number of rotatable bonds is 8. The van der Waals surface area contributed by atoms with Gasteiger partial charge in [-0.15, -0.1) is 10.2 Å². The minimum Gasteiger partial charge on any atom is -0.221 e. The third kappa shape index (κ3) is 4.93. The van der Waals surface area contributed by atoms with Gasteiger partial charge in [0.15, 0.2) is 4.34 Å². The Morgan fingerprint density at radius 1 is 1.18 bits per heavy atom. The summed E-state index contributed by atoms with van der Waals surface area (Å²) < 4.78 is 24.6. The van der Waals surface area contributed by atoms with E-state index in [1.807, 2.05) is 6.92 Å². The minimum atomic E-state index is -3.20. The third-order valence-corrected chi connectivity index (χ3v) is 6.53. The molecule has 0 saturated carbocycles. The molecule has 0 fully saturated rings. The maximum Gasteiger partial charge on any atom is 0.233 e. The minimum absolute atomic E-state index is 0.171. The first-order valence-electron chi connectivity index (χ1n) is 5.79. The molecule has 0 spiro atoms. The van der Waals surface area contributed by atoms with Crippen LogP contribution >= 0.6 is 23.1 Å². The SMILES string of the molecule is CCCCSc1nnc(S(=O)(=O)CCCC)s1. The predicted molar refractivity (Wildman–Crippen MR) is 72.5 cm³/mol. The topological polar surface area (TPSA) is 59.9 Å². The molecule has 1 aromatic rings. The summed E-state index contributed by atoms with van der Waals surface area (Å²) in [6.07, 6.45) is 3.80. The second-order valence-corrected chi connectivity index (χ2v) is 8.31. The van der Waals surface area contributed by atoms with Crippen LogP contribution in [0.2, 0.25) is 0 Å². The number of hydrogen-bond donors (Lipinski definition) is 0. The van der Waals surface area contributed by atoms with Crippen LogP contribution in [0.3, 0.4) is 0 Å². The van der Waals surface area contributed by atoms with E-state index in [1.54, 1.807) is 11.8 Å². The molecule has 4 nitrogen and oxygen atoms in total. The predicted octanol–water partition coefficient (Wildman–Crippen LogP) is 3.00. The van der Waals surface area contributed by atoms with Gasteiger partial charge in [0, 0.05) is 5.75 Å². The van der Waals surface area contributed by atoms with E-state index in [2.05, 4.69) is 17.1 Å². The van der Waals surface area contributed by atoms with E-state index >= 15 is 0 Å². The van der Waals surface area contributed by atoms with Crippen LogP contribution in [0.15, 0.2) is 8.68 Å². The average molecular weight is 294 g/mol. The highest BCUT2D eigenvalue weighted by Crippen LogP contribution is 2.26. The summed E-state index contributed by atoms with van der Waals surface area (Å²) in [6, 6.07) is 0. The third-order valence-electron chi connectivity index (χ3n) is 2.14. The number of hydrogen-bond acceptors (Lipinski definition) is 6. The van der Waals surface area contributed by atoms with Crippen LogP contribution in [-0.4, -0.2) is 30.1 Å². The Balaban J connectivity index is 2.60. The molecular formula is C10H18N2O2S3. The highest BCUT2D eigenvalue weighted by molar-refractivity contribution is 8.01. The van der Waals surface area contributed by atoms with Crippen LogP contribution < -0.4 is 0 Å². The number of unbranched alkanes of at least 4 members (excludes halogenated alkanes) is 2. The maximum absolute atomic E-state index is 11.8. The van der Waals surface area contributed by atoms with Gasteiger partial charge >= 0.3 is 0 Å². The highest BCUT2D eigenvalue weighted by Gasteiger charge is 2.19. The van der Waals surface area contributed by atoms with Crippen LogP contribution in [0.4, 0.5) is 0 Å². The molecule has 7 heteroatoms. The molecule has 0 radical (unpaired) electrons. The van der Waals surface area contributed by atoms with Crippen LogP contribution in [-0.2, 0) is 9.84 Å². The lowest BCUT2D eigenvalue weighted by molar-refractivity contribution is 0.590. The molecule has 0 unspecified atom stereocenters. The van der Waals surface area contributed by atoms with Crippen molar-refractivity contribution in [2.45, 2.75) is 48.2 Å². The Labute approximate surface area is 111 Å². The number of thioether (sulfide) groups is 1. The summed E-state index contributed by atoms with van der Waals surface area (Å²) >= 11 is 2.78. The summed E-state index contributed by atoms with van der Waals surface area (Å²) in [6.45, 7) is 4.10. The molecule has 1 rings (SSSR count). The molecule has 0 aliphatic rings. The Morgan fingerprint density at radius 2 is 1.88 bits per heavy atom. The summed E-state index contributed by atoms with van der Waals surface area (Å²) in [4.78, 5) is 0. The van der Waals surface area contributed by atoms with Crippen molar-refractivity contribution in [1.29, 1.82) is 0 Å². The van der Waals surface area contributed by atoms with Gasteiger partial charge in [-0.2, -0.15) is 0 Å². The van der Waals surface area contributed by atoms with Crippen LogP contribution in [0, 0.1) is 0 Å². The van der Waals surface area contributed by atoms with Crippen molar-refractivity contribution in [3.63, 3.8) is 0 Å². The molecule has 0 bridgehead atoms. The Hall–Kier alpha value is -0.140. The zero-order valence-electron chi connectivity index (χ0n) is 10.2.